The summed E-state index contributed by atoms with van der Waals surface area (Å²) in [5.74, 6) is 0.554. The highest BCUT2D eigenvalue weighted by atomic mass is 19.1. The van der Waals surface area contributed by atoms with Crippen molar-refractivity contribution in [3.8, 4) is 5.75 Å². The van der Waals surface area contributed by atoms with Gasteiger partial charge in [-0.2, -0.15) is 5.10 Å². The Balaban J connectivity index is 1.32. The molecular weight excluding hydrogens is 399 g/mol. The van der Waals surface area contributed by atoms with E-state index in [0.29, 0.717) is 51.0 Å². The Morgan fingerprint density at radius 2 is 1.97 bits per heavy atom. The van der Waals surface area contributed by atoms with Crippen molar-refractivity contribution in [3.05, 3.63) is 81.8 Å². The number of hydrogen-bond donors (Lipinski definition) is 2. The minimum absolute atomic E-state index is 0.0108. The first-order valence-electron chi connectivity index (χ1n) is 10.5. The highest BCUT2D eigenvalue weighted by Gasteiger charge is 2.22. The number of phenols is 1. The number of aryl methyl sites for hydroxylation is 2. The molecule has 31 heavy (non-hydrogen) atoms. The van der Waals surface area contributed by atoms with Crippen LogP contribution in [0.4, 0.5) is 4.39 Å². The van der Waals surface area contributed by atoms with Gasteiger partial charge in [-0.05, 0) is 54.7 Å². The van der Waals surface area contributed by atoms with Gasteiger partial charge in [0.2, 0.25) is 5.91 Å². The van der Waals surface area contributed by atoms with Crippen molar-refractivity contribution in [2.75, 3.05) is 0 Å². The molecule has 2 heterocycles. The molecule has 0 spiro atoms. The van der Waals surface area contributed by atoms with Crippen molar-refractivity contribution in [1.82, 2.24) is 19.7 Å². The van der Waals surface area contributed by atoms with E-state index in [1.165, 1.54) is 16.8 Å². The number of halogens is 1. The number of aromatic nitrogens is 3. The maximum absolute atomic E-state index is 13.1. The van der Waals surface area contributed by atoms with E-state index in [2.05, 4.69) is 10.4 Å². The average molecular weight is 424 g/mol. The number of nitrogens with one attached hydrogen (secondary N) is 1. The first-order chi connectivity index (χ1) is 15.0. The van der Waals surface area contributed by atoms with E-state index in [4.69, 9.17) is 0 Å². The van der Waals surface area contributed by atoms with Gasteiger partial charge in [0.15, 0.2) is 0 Å². The second-order valence-corrected chi connectivity index (χ2v) is 7.90. The van der Waals surface area contributed by atoms with Gasteiger partial charge < -0.3 is 10.4 Å². The first kappa shape index (κ1) is 20.8. The molecule has 1 aliphatic heterocycles. The molecule has 0 saturated heterocycles. The van der Waals surface area contributed by atoms with Crippen LogP contribution in [-0.2, 0) is 30.7 Å². The number of nitrogens with zero attached hydrogens (tertiary/aromatic N) is 3. The molecule has 1 unspecified atom stereocenters. The van der Waals surface area contributed by atoms with Gasteiger partial charge >= 0.3 is 5.69 Å². The summed E-state index contributed by atoms with van der Waals surface area (Å²) in [6, 6.07) is 12.9. The molecule has 1 atom stereocenters. The van der Waals surface area contributed by atoms with Crippen LogP contribution in [-0.4, -0.2) is 31.4 Å². The fourth-order valence-electron chi connectivity index (χ4n) is 3.91. The lowest BCUT2D eigenvalue weighted by Crippen LogP contribution is -2.36. The van der Waals surface area contributed by atoms with E-state index in [1.54, 1.807) is 34.9 Å². The fourth-order valence-corrected chi connectivity index (χ4v) is 3.91. The van der Waals surface area contributed by atoms with Crippen LogP contribution in [0.1, 0.15) is 36.2 Å². The van der Waals surface area contributed by atoms with E-state index < -0.39 is 0 Å². The third-order valence-corrected chi connectivity index (χ3v) is 5.58. The van der Waals surface area contributed by atoms with Crippen LogP contribution in [0.25, 0.3) is 0 Å². The lowest BCUT2D eigenvalue weighted by atomic mass is 10.1. The van der Waals surface area contributed by atoms with Gasteiger partial charge in [-0.25, -0.2) is 13.9 Å². The standard InChI is InChI=1S/C23H25FN4O3/c24-18-7-4-17(5-8-18)15-28-23(31)27-13-12-19(9-10-21(27)26-28)25-22(30)11-6-16-2-1-3-20(29)14-16/h1-5,7-8,14,19,29H,6,9-13,15H2,(H,25,30). The fraction of sp³-hybridized carbons (Fsp3) is 0.348. The molecule has 1 aromatic heterocycles. The Bertz CT molecular complexity index is 1120. The molecule has 2 N–H and O–H groups in total. The summed E-state index contributed by atoms with van der Waals surface area (Å²) in [5, 5.41) is 17.0. The molecule has 1 amide bonds. The van der Waals surface area contributed by atoms with Gasteiger partial charge in [0.1, 0.15) is 17.4 Å². The van der Waals surface area contributed by atoms with Crippen LogP contribution in [0, 0.1) is 5.82 Å². The number of phenolic OH excluding ortho intramolecular Hbond substituents is 1. The highest BCUT2D eigenvalue weighted by Crippen LogP contribution is 2.15. The van der Waals surface area contributed by atoms with Crippen LogP contribution in [0.2, 0.25) is 0 Å². The average Bonchev–Trinajstić information content (AvgIpc) is 2.91. The third kappa shape index (κ3) is 5.20. The van der Waals surface area contributed by atoms with Crippen molar-refractivity contribution in [1.29, 1.82) is 0 Å². The lowest BCUT2D eigenvalue weighted by Gasteiger charge is -2.16. The number of amides is 1. The van der Waals surface area contributed by atoms with E-state index in [0.717, 1.165) is 11.1 Å². The largest absolute Gasteiger partial charge is 0.508 e. The number of benzene rings is 2. The molecule has 0 saturated carbocycles. The number of carbonyl (C=O) groups is 1. The summed E-state index contributed by atoms with van der Waals surface area (Å²) in [6.45, 7) is 0.795. The van der Waals surface area contributed by atoms with Gasteiger partial charge in [-0.15, -0.1) is 0 Å². The molecule has 0 fully saturated rings. The number of aromatic hydroxyl groups is 1. The van der Waals surface area contributed by atoms with Gasteiger partial charge in [0, 0.05) is 25.4 Å². The first-order valence-corrected chi connectivity index (χ1v) is 10.5. The van der Waals surface area contributed by atoms with Crippen molar-refractivity contribution >= 4 is 5.91 Å². The molecule has 4 rings (SSSR count). The molecule has 8 heteroatoms. The van der Waals surface area contributed by atoms with Gasteiger partial charge in [-0.3, -0.25) is 9.36 Å². The zero-order chi connectivity index (χ0) is 21.8. The lowest BCUT2D eigenvalue weighted by molar-refractivity contribution is -0.121. The predicted molar refractivity (Wildman–Crippen MR) is 113 cm³/mol. The summed E-state index contributed by atoms with van der Waals surface area (Å²) in [5.41, 5.74) is 1.54. The zero-order valence-corrected chi connectivity index (χ0v) is 17.1. The van der Waals surface area contributed by atoms with E-state index in [-0.39, 0.29) is 29.2 Å². The Kier molecular flexibility index (Phi) is 6.16. The van der Waals surface area contributed by atoms with Crippen LogP contribution in [0.15, 0.2) is 53.3 Å². The minimum atomic E-state index is -0.313. The number of rotatable bonds is 6. The Morgan fingerprint density at radius 1 is 1.16 bits per heavy atom. The molecule has 162 valence electrons. The smallest absolute Gasteiger partial charge is 0.346 e. The zero-order valence-electron chi connectivity index (χ0n) is 17.1. The van der Waals surface area contributed by atoms with Crippen LogP contribution >= 0.6 is 0 Å². The minimum Gasteiger partial charge on any atom is -0.508 e. The highest BCUT2D eigenvalue weighted by molar-refractivity contribution is 5.76. The second-order valence-electron chi connectivity index (χ2n) is 7.90. The number of carbonyl (C=O) groups excluding carboxylic acids is 1. The second kappa shape index (κ2) is 9.16. The Labute approximate surface area is 179 Å². The molecule has 0 radical (unpaired) electrons. The van der Waals surface area contributed by atoms with Crippen molar-refractivity contribution < 1.29 is 14.3 Å². The third-order valence-electron chi connectivity index (χ3n) is 5.58. The molecule has 2 aromatic carbocycles. The maximum Gasteiger partial charge on any atom is 0.346 e. The van der Waals surface area contributed by atoms with Crippen molar-refractivity contribution in [2.24, 2.45) is 0 Å². The SMILES string of the molecule is O=C(CCc1cccc(O)c1)NC1CCc2nn(Cc3ccc(F)cc3)c(=O)n2CC1. The Hall–Kier alpha value is -3.42. The quantitative estimate of drug-likeness (QED) is 0.636. The van der Waals surface area contributed by atoms with Gasteiger partial charge in [0.05, 0.1) is 6.54 Å². The normalized spacial score (nSPS) is 15.8. The van der Waals surface area contributed by atoms with Crippen LogP contribution in [0.5, 0.6) is 5.75 Å². The van der Waals surface area contributed by atoms with E-state index in [9.17, 15) is 19.1 Å². The summed E-state index contributed by atoms with van der Waals surface area (Å²) in [6.07, 6.45) is 2.87. The topological polar surface area (TPSA) is 89.2 Å². The van der Waals surface area contributed by atoms with E-state index in [1.807, 2.05) is 6.07 Å². The molecular formula is C23H25FN4O3. The summed E-state index contributed by atoms with van der Waals surface area (Å²) < 4.78 is 16.2. The summed E-state index contributed by atoms with van der Waals surface area (Å²) in [4.78, 5) is 25.1. The summed E-state index contributed by atoms with van der Waals surface area (Å²) >= 11 is 0. The Morgan fingerprint density at radius 3 is 2.74 bits per heavy atom. The summed E-state index contributed by atoms with van der Waals surface area (Å²) in [7, 11) is 0. The van der Waals surface area contributed by atoms with Crippen LogP contribution in [0.3, 0.4) is 0 Å². The molecule has 0 aliphatic carbocycles. The monoisotopic (exact) mass is 424 g/mol. The molecule has 3 aromatic rings. The van der Waals surface area contributed by atoms with Gasteiger partial charge in [0.25, 0.3) is 0 Å². The molecule has 7 nitrogen and oxygen atoms in total. The van der Waals surface area contributed by atoms with E-state index >= 15 is 0 Å². The van der Waals surface area contributed by atoms with Crippen molar-refractivity contribution in [2.45, 2.75) is 51.2 Å². The maximum atomic E-state index is 13.1. The molecule has 0 bridgehead atoms. The van der Waals surface area contributed by atoms with Gasteiger partial charge in [-0.1, -0.05) is 24.3 Å². The van der Waals surface area contributed by atoms with Crippen LogP contribution < -0.4 is 11.0 Å². The number of fused-ring (bicyclic) bond motifs is 1. The van der Waals surface area contributed by atoms with Crippen molar-refractivity contribution in [3.63, 3.8) is 0 Å². The predicted octanol–water partition coefficient (Wildman–Crippen LogP) is 2.39. The molecule has 1 aliphatic rings. The number of hydrogen-bond acceptors (Lipinski definition) is 4.